The van der Waals surface area contributed by atoms with Crippen molar-refractivity contribution in [2.45, 2.75) is 51.9 Å². The number of hydrogen-bond acceptors (Lipinski definition) is 5. The number of rotatable bonds is 10. The predicted molar refractivity (Wildman–Crippen MR) is 69.7 cm³/mol. The van der Waals surface area contributed by atoms with Crippen molar-refractivity contribution in [3.05, 3.63) is 12.7 Å². The summed E-state index contributed by atoms with van der Waals surface area (Å²) < 4.78 is 9.89. The molecular formula is C13H24O6. The molecule has 0 aliphatic heterocycles. The highest BCUT2D eigenvalue weighted by Crippen LogP contribution is 2.19. The Morgan fingerprint density at radius 2 is 2.00 bits per heavy atom. The molecule has 6 nitrogen and oxygen atoms in total. The van der Waals surface area contributed by atoms with Crippen LogP contribution in [-0.4, -0.2) is 35.9 Å². The molecule has 0 heterocycles. The van der Waals surface area contributed by atoms with Gasteiger partial charge < -0.3 is 14.6 Å². The van der Waals surface area contributed by atoms with Crippen molar-refractivity contribution in [1.82, 2.24) is 0 Å². The Hall–Kier alpha value is -1.11. The van der Waals surface area contributed by atoms with Crippen LogP contribution in [0.3, 0.4) is 0 Å². The second-order valence-electron chi connectivity index (χ2n) is 4.96. The van der Waals surface area contributed by atoms with Gasteiger partial charge in [-0.2, -0.15) is 0 Å². The van der Waals surface area contributed by atoms with Gasteiger partial charge in [-0.15, -0.1) is 6.58 Å². The highest BCUT2D eigenvalue weighted by atomic mass is 17.2. The number of carbonyl (C=O) groups is 1. The maximum Gasteiger partial charge on any atom is 0.508 e. The van der Waals surface area contributed by atoms with E-state index in [-0.39, 0.29) is 13.2 Å². The molecule has 1 atom stereocenters. The third-order valence-electron chi connectivity index (χ3n) is 2.27. The highest BCUT2D eigenvalue weighted by molar-refractivity contribution is 5.57. The smallest absolute Gasteiger partial charge is 0.450 e. The maximum absolute atomic E-state index is 10.6. The lowest BCUT2D eigenvalue weighted by Crippen LogP contribution is -2.40. The Morgan fingerprint density at radius 1 is 1.37 bits per heavy atom. The minimum absolute atomic E-state index is 0.144. The van der Waals surface area contributed by atoms with Crippen LogP contribution in [0.1, 0.15) is 40.5 Å². The van der Waals surface area contributed by atoms with E-state index in [1.54, 1.807) is 0 Å². The van der Waals surface area contributed by atoms with E-state index in [1.165, 1.54) is 13.0 Å². The highest BCUT2D eigenvalue weighted by Gasteiger charge is 2.32. The molecule has 0 aromatic carbocycles. The van der Waals surface area contributed by atoms with E-state index in [0.29, 0.717) is 0 Å². The largest absolute Gasteiger partial charge is 0.508 e. The summed E-state index contributed by atoms with van der Waals surface area (Å²) in [6.45, 7) is 10.7. The second kappa shape index (κ2) is 8.14. The van der Waals surface area contributed by atoms with Gasteiger partial charge in [0.05, 0.1) is 12.2 Å². The van der Waals surface area contributed by atoms with Crippen LogP contribution in [0.2, 0.25) is 0 Å². The van der Waals surface area contributed by atoms with Crippen LogP contribution in [0.15, 0.2) is 12.7 Å². The van der Waals surface area contributed by atoms with Gasteiger partial charge in [0.15, 0.2) is 0 Å². The zero-order valence-corrected chi connectivity index (χ0v) is 12.1. The molecule has 0 aromatic heterocycles. The molecule has 1 N–H and O–H groups in total. The molecule has 0 rings (SSSR count). The number of ether oxygens (including phenoxy) is 2. The average Bonchev–Trinajstić information content (AvgIpc) is 2.25. The second-order valence-corrected chi connectivity index (χ2v) is 4.96. The Morgan fingerprint density at radius 3 is 2.47 bits per heavy atom. The molecule has 0 radical (unpaired) electrons. The van der Waals surface area contributed by atoms with Crippen LogP contribution < -0.4 is 0 Å². The SMILES string of the molecule is C=CCOC(C)(COOC(C)(C)CCC)OC(=O)O. The summed E-state index contributed by atoms with van der Waals surface area (Å²) in [5.41, 5.74) is -0.447. The van der Waals surface area contributed by atoms with Crippen LogP contribution in [0.5, 0.6) is 0 Å². The molecule has 0 spiro atoms. The van der Waals surface area contributed by atoms with Gasteiger partial charge in [0.1, 0.15) is 6.61 Å². The van der Waals surface area contributed by atoms with Gasteiger partial charge in [-0.3, -0.25) is 0 Å². The molecule has 6 heteroatoms. The Bertz CT molecular complexity index is 289. The summed E-state index contributed by atoms with van der Waals surface area (Å²) >= 11 is 0. The van der Waals surface area contributed by atoms with Crippen molar-refractivity contribution >= 4 is 6.16 Å². The molecule has 0 amide bonds. The summed E-state index contributed by atoms with van der Waals surface area (Å²) in [7, 11) is 0. The predicted octanol–water partition coefficient (Wildman–Crippen LogP) is 3.13. The molecular weight excluding hydrogens is 252 g/mol. The van der Waals surface area contributed by atoms with Crippen molar-refractivity contribution in [1.29, 1.82) is 0 Å². The normalized spacial score (nSPS) is 14.7. The third-order valence-corrected chi connectivity index (χ3v) is 2.27. The van der Waals surface area contributed by atoms with Gasteiger partial charge in [-0.25, -0.2) is 14.6 Å². The van der Waals surface area contributed by atoms with Crippen molar-refractivity contribution in [3.8, 4) is 0 Å². The standard InChI is InChI=1S/C13H24O6/c1-6-8-12(3,4)19-17-10-13(5,16-9-7-2)18-11(14)15/h7H,2,6,8-10H2,1,3-5H3,(H,14,15). The van der Waals surface area contributed by atoms with Crippen molar-refractivity contribution in [2.24, 2.45) is 0 Å². The summed E-state index contributed by atoms with van der Waals surface area (Å²) in [4.78, 5) is 20.9. The molecule has 0 aromatic rings. The minimum atomic E-state index is -1.44. The lowest BCUT2D eigenvalue weighted by molar-refractivity contribution is -0.388. The van der Waals surface area contributed by atoms with Gasteiger partial charge in [0.25, 0.3) is 0 Å². The van der Waals surface area contributed by atoms with Gasteiger partial charge in [-0.05, 0) is 20.3 Å². The maximum atomic E-state index is 10.6. The average molecular weight is 276 g/mol. The summed E-state index contributed by atoms with van der Waals surface area (Å²) in [5.74, 6) is -1.43. The number of carboxylic acid groups (broad SMARTS) is 1. The lowest BCUT2D eigenvalue weighted by atomic mass is 10.0. The third kappa shape index (κ3) is 8.58. The quantitative estimate of drug-likeness (QED) is 0.217. The first-order valence-electron chi connectivity index (χ1n) is 6.22. The molecule has 0 fully saturated rings. The number of hydrogen-bond donors (Lipinski definition) is 1. The zero-order chi connectivity index (χ0) is 14.9. The lowest BCUT2D eigenvalue weighted by Gasteiger charge is -2.29. The first-order valence-corrected chi connectivity index (χ1v) is 6.22. The van der Waals surface area contributed by atoms with E-state index in [9.17, 15) is 4.79 Å². The fourth-order valence-electron chi connectivity index (χ4n) is 1.46. The Kier molecular flexibility index (Phi) is 7.66. The summed E-state index contributed by atoms with van der Waals surface area (Å²) in [6.07, 6.45) is 1.82. The molecule has 0 saturated heterocycles. The molecule has 19 heavy (non-hydrogen) atoms. The van der Waals surface area contributed by atoms with Gasteiger partial charge >= 0.3 is 6.16 Å². The van der Waals surface area contributed by atoms with Crippen LogP contribution in [0.4, 0.5) is 4.79 Å². The molecule has 0 aliphatic rings. The van der Waals surface area contributed by atoms with E-state index in [0.717, 1.165) is 12.8 Å². The Balaban J connectivity index is 4.33. The minimum Gasteiger partial charge on any atom is -0.450 e. The van der Waals surface area contributed by atoms with Crippen LogP contribution in [-0.2, 0) is 19.2 Å². The van der Waals surface area contributed by atoms with Gasteiger partial charge in [-0.1, -0.05) is 19.4 Å². The first-order chi connectivity index (χ1) is 8.74. The molecule has 0 bridgehead atoms. The monoisotopic (exact) mass is 276 g/mol. The molecule has 0 aliphatic carbocycles. The fourth-order valence-corrected chi connectivity index (χ4v) is 1.46. The Labute approximate surface area is 114 Å². The van der Waals surface area contributed by atoms with E-state index >= 15 is 0 Å². The van der Waals surface area contributed by atoms with Crippen molar-refractivity contribution in [2.75, 3.05) is 13.2 Å². The van der Waals surface area contributed by atoms with E-state index < -0.39 is 17.5 Å². The van der Waals surface area contributed by atoms with Gasteiger partial charge in [0, 0.05) is 6.92 Å². The van der Waals surface area contributed by atoms with E-state index in [4.69, 9.17) is 19.6 Å². The molecule has 0 saturated carbocycles. The summed E-state index contributed by atoms with van der Waals surface area (Å²) in [6, 6.07) is 0. The van der Waals surface area contributed by atoms with E-state index in [1.807, 2.05) is 20.8 Å². The van der Waals surface area contributed by atoms with Crippen molar-refractivity contribution in [3.63, 3.8) is 0 Å². The van der Waals surface area contributed by atoms with Crippen LogP contribution >= 0.6 is 0 Å². The fraction of sp³-hybridized carbons (Fsp3) is 0.769. The zero-order valence-electron chi connectivity index (χ0n) is 12.1. The topological polar surface area (TPSA) is 74.2 Å². The van der Waals surface area contributed by atoms with Crippen LogP contribution in [0, 0.1) is 0 Å². The van der Waals surface area contributed by atoms with Crippen LogP contribution in [0.25, 0.3) is 0 Å². The van der Waals surface area contributed by atoms with Crippen molar-refractivity contribution < 1.29 is 29.1 Å². The van der Waals surface area contributed by atoms with E-state index in [2.05, 4.69) is 11.3 Å². The summed E-state index contributed by atoms with van der Waals surface area (Å²) in [5, 5.41) is 8.67. The molecule has 112 valence electrons. The first kappa shape index (κ1) is 17.9. The van der Waals surface area contributed by atoms with Gasteiger partial charge in [0.2, 0.25) is 5.79 Å². The molecule has 1 unspecified atom stereocenters.